The first-order valence-electron chi connectivity index (χ1n) is 8.87. The van der Waals surface area contributed by atoms with Gasteiger partial charge in [-0.2, -0.15) is 0 Å². The van der Waals surface area contributed by atoms with E-state index >= 15 is 0 Å². The molecule has 3 atom stereocenters. The normalized spacial score (nSPS) is 22.3. The van der Waals surface area contributed by atoms with Crippen LogP contribution in [-0.4, -0.2) is 68.0 Å². The topological polar surface area (TPSA) is 38.7 Å². The Bertz CT molecular complexity index is 319. The van der Waals surface area contributed by atoms with E-state index in [1.807, 2.05) is 19.0 Å². The fourth-order valence-corrected chi connectivity index (χ4v) is 2.73. The lowest BCUT2D eigenvalue weighted by molar-refractivity contribution is 0.0406. The molecule has 0 heterocycles. The summed E-state index contributed by atoms with van der Waals surface area (Å²) in [7, 11) is 6.01. The summed E-state index contributed by atoms with van der Waals surface area (Å²) in [4.78, 5) is 4.25. The molecule has 2 unspecified atom stereocenters. The lowest BCUT2D eigenvalue weighted by Gasteiger charge is -2.19. The summed E-state index contributed by atoms with van der Waals surface area (Å²) >= 11 is 0. The molecular weight excluding hydrogens is 274 g/mol. The molecule has 0 saturated heterocycles. The minimum absolute atomic E-state index is 0.390. The second-order valence-electron chi connectivity index (χ2n) is 7.15. The molecule has 22 heavy (non-hydrogen) atoms. The minimum Gasteiger partial charge on any atom is -0.378 e. The Balaban J connectivity index is 2.01. The third-order valence-electron chi connectivity index (χ3n) is 4.65. The van der Waals surface area contributed by atoms with Crippen molar-refractivity contribution >= 4 is 0 Å². The molecule has 0 aromatic heterocycles. The molecule has 2 N–H and O–H groups in total. The second kappa shape index (κ2) is 10.4. The SMILES string of the molecule is C=C(CC[C@@H]1CC1NCCN(C)CCCC)CC(O)N(C)C. The van der Waals surface area contributed by atoms with E-state index in [4.69, 9.17) is 0 Å². The highest BCUT2D eigenvalue weighted by molar-refractivity contribution is 5.00. The van der Waals surface area contributed by atoms with E-state index in [9.17, 15) is 5.11 Å². The number of aliphatic hydroxyl groups excluding tert-OH is 1. The zero-order valence-corrected chi connectivity index (χ0v) is 15.1. The molecule has 4 heteroatoms. The fraction of sp³-hybridized carbons (Fsp3) is 0.889. The Hall–Kier alpha value is -0.420. The minimum atomic E-state index is -0.390. The van der Waals surface area contributed by atoms with Crippen molar-refractivity contribution in [3.8, 4) is 0 Å². The van der Waals surface area contributed by atoms with Gasteiger partial charge in [0.2, 0.25) is 0 Å². The molecule has 0 spiro atoms. The van der Waals surface area contributed by atoms with Crippen LogP contribution in [0.3, 0.4) is 0 Å². The van der Waals surface area contributed by atoms with Crippen molar-refractivity contribution in [2.75, 3.05) is 40.8 Å². The van der Waals surface area contributed by atoms with Gasteiger partial charge < -0.3 is 15.3 Å². The third-order valence-corrected chi connectivity index (χ3v) is 4.65. The molecule has 1 saturated carbocycles. The number of hydrogen-bond acceptors (Lipinski definition) is 4. The average molecular weight is 312 g/mol. The quantitative estimate of drug-likeness (QED) is 0.404. The van der Waals surface area contributed by atoms with Gasteiger partial charge >= 0.3 is 0 Å². The molecule has 0 aliphatic heterocycles. The lowest BCUT2D eigenvalue weighted by atomic mass is 10.1. The second-order valence-corrected chi connectivity index (χ2v) is 7.15. The molecule has 1 aliphatic rings. The van der Waals surface area contributed by atoms with Gasteiger partial charge in [0.05, 0.1) is 0 Å². The first-order chi connectivity index (χ1) is 10.4. The lowest BCUT2D eigenvalue weighted by Crippen LogP contribution is -2.31. The first kappa shape index (κ1) is 19.6. The van der Waals surface area contributed by atoms with Crippen LogP contribution in [0.2, 0.25) is 0 Å². The van der Waals surface area contributed by atoms with E-state index in [-0.39, 0.29) is 6.23 Å². The maximum atomic E-state index is 9.81. The summed E-state index contributed by atoms with van der Waals surface area (Å²) in [5.41, 5.74) is 1.17. The highest BCUT2D eigenvalue weighted by Crippen LogP contribution is 2.35. The Morgan fingerprint density at radius 3 is 2.68 bits per heavy atom. The van der Waals surface area contributed by atoms with Crippen molar-refractivity contribution in [2.45, 2.75) is 57.7 Å². The van der Waals surface area contributed by atoms with Gasteiger partial charge in [-0.05, 0) is 59.3 Å². The van der Waals surface area contributed by atoms with Gasteiger partial charge in [-0.3, -0.25) is 4.90 Å². The van der Waals surface area contributed by atoms with E-state index in [1.54, 1.807) is 0 Å². The predicted molar refractivity (Wildman–Crippen MR) is 95.0 cm³/mol. The van der Waals surface area contributed by atoms with Crippen LogP contribution in [0.4, 0.5) is 0 Å². The number of rotatable bonds is 13. The summed E-state index contributed by atoms with van der Waals surface area (Å²) in [6.07, 6.45) is 6.44. The van der Waals surface area contributed by atoms with Crippen molar-refractivity contribution in [3.05, 3.63) is 12.2 Å². The van der Waals surface area contributed by atoms with Crippen molar-refractivity contribution in [3.63, 3.8) is 0 Å². The fourth-order valence-electron chi connectivity index (χ4n) is 2.73. The molecule has 1 fully saturated rings. The highest BCUT2D eigenvalue weighted by atomic mass is 16.3. The third kappa shape index (κ3) is 8.28. The molecular formula is C18H37N3O. The first-order valence-corrected chi connectivity index (χ1v) is 8.87. The van der Waals surface area contributed by atoms with Crippen molar-refractivity contribution < 1.29 is 5.11 Å². The zero-order chi connectivity index (χ0) is 16.5. The van der Waals surface area contributed by atoms with Gasteiger partial charge in [0.25, 0.3) is 0 Å². The van der Waals surface area contributed by atoms with E-state index in [2.05, 4.69) is 30.8 Å². The van der Waals surface area contributed by atoms with Crippen LogP contribution in [-0.2, 0) is 0 Å². The summed E-state index contributed by atoms with van der Waals surface area (Å²) < 4.78 is 0. The molecule has 0 bridgehead atoms. The van der Waals surface area contributed by atoms with Crippen LogP contribution in [0.5, 0.6) is 0 Å². The van der Waals surface area contributed by atoms with E-state index < -0.39 is 0 Å². The summed E-state index contributed by atoms with van der Waals surface area (Å²) in [6.45, 7) is 9.80. The van der Waals surface area contributed by atoms with E-state index in [1.165, 1.54) is 37.8 Å². The standard InChI is InChI=1S/C18H37N3O/c1-6-7-11-21(5)12-10-19-17-14-16(17)9-8-15(2)13-18(22)20(3)4/h16-19,22H,2,6-14H2,1,3-5H3/t16-,17?,18?/m1/s1. The Labute approximate surface area is 137 Å². The Kier molecular flexibility index (Phi) is 9.25. The molecule has 4 nitrogen and oxygen atoms in total. The van der Waals surface area contributed by atoms with Crippen LogP contribution in [0.15, 0.2) is 12.2 Å². The molecule has 0 radical (unpaired) electrons. The van der Waals surface area contributed by atoms with Crippen LogP contribution in [0, 0.1) is 5.92 Å². The van der Waals surface area contributed by atoms with Gasteiger partial charge in [-0.15, -0.1) is 0 Å². The smallest absolute Gasteiger partial charge is 0.110 e. The van der Waals surface area contributed by atoms with Crippen LogP contribution >= 0.6 is 0 Å². The number of likely N-dealkylation sites (N-methyl/N-ethyl adjacent to an activating group) is 1. The molecule has 1 rings (SSSR count). The molecule has 0 amide bonds. The van der Waals surface area contributed by atoms with Gasteiger partial charge in [-0.25, -0.2) is 0 Å². The van der Waals surface area contributed by atoms with Crippen molar-refractivity contribution in [1.29, 1.82) is 0 Å². The number of aliphatic hydroxyl groups is 1. The van der Waals surface area contributed by atoms with Crippen LogP contribution in [0.25, 0.3) is 0 Å². The zero-order valence-electron chi connectivity index (χ0n) is 15.1. The highest BCUT2D eigenvalue weighted by Gasteiger charge is 2.35. The maximum Gasteiger partial charge on any atom is 0.110 e. The van der Waals surface area contributed by atoms with Crippen molar-refractivity contribution in [1.82, 2.24) is 15.1 Å². The van der Waals surface area contributed by atoms with Gasteiger partial charge in [0.15, 0.2) is 0 Å². The predicted octanol–water partition coefficient (Wildman–Crippen LogP) is 2.30. The van der Waals surface area contributed by atoms with Gasteiger partial charge in [0, 0.05) is 25.6 Å². The van der Waals surface area contributed by atoms with Gasteiger partial charge in [0.1, 0.15) is 6.23 Å². The van der Waals surface area contributed by atoms with E-state index in [0.29, 0.717) is 12.5 Å². The average Bonchev–Trinajstić information content (AvgIpc) is 3.21. The number of unbranched alkanes of at least 4 members (excludes halogenated alkanes) is 1. The Morgan fingerprint density at radius 2 is 2.05 bits per heavy atom. The number of nitrogens with one attached hydrogen (secondary N) is 1. The monoisotopic (exact) mass is 311 g/mol. The summed E-state index contributed by atoms with van der Waals surface area (Å²) in [6, 6.07) is 0.714. The van der Waals surface area contributed by atoms with Gasteiger partial charge in [-0.1, -0.05) is 25.5 Å². The summed E-state index contributed by atoms with van der Waals surface area (Å²) in [5, 5.41) is 13.5. The van der Waals surface area contributed by atoms with Crippen LogP contribution in [0.1, 0.15) is 45.4 Å². The van der Waals surface area contributed by atoms with Crippen molar-refractivity contribution in [2.24, 2.45) is 5.92 Å². The number of nitrogens with zero attached hydrogens (tertiary/aromatic N) is 2. The molecule has 0 aromatic rings. The molecule has 1 aliphatic carbocycles. The van der Waals surface area contributed by atoms with E-state index in [0.717, 1.165) is 25.4 Å². The number of hydrogen-bond donors (Lipinski definition) is 2. The Morgan fingerprint density at radius 1 is 1.32 bits per heavy atom. The molecule has 130 valence electrons. The maximum absolute atomic E-state index is 9.81. The summed E-state index contributed by atoms with van der Waals surface area (Å²) in [5.74, 6) is 0.814. The van der Waals surface area contributed by atoms with Crippen LogP contribution < -0.4 is 5.32 Å². The molecule has 0 aromatic carbocycles. The largest absolute Gasteiger partial charge is 0.378 e.